The number of aromatic nitrogens is 2. The Kier molecular flexibility index (Phi) is 6.62. The Morgan fingerprint density at radius 3 is 1.55 bits per heavy atom. The molecule has 0 saturated heterocycles. The van der Waals surface area contributed by atoms with E-state index in [9.17, 15) is 0 Å². The van der Waals surface area contributed by atoms with E-state index in [4.69, 9.17) is 25.9 Å². The van der Waals surface area contributed by atoms with Gasteiger partial charge in [-0.05, 0) is 0 Å². The van der Waals surface area contributed by atoms with E-state index >= 15 is 0 Å². The van der Waals surface area contributed by atoms with Crippen molar-refractivity contribution in [2.75, 3.05) is 0 Å². The van der Waals surface area contributed by atoms with E-state index in [1.807, 2.05) is 0 Å². The summed E-state index contributed by atoms with van der Waals surface area (Å²) in [4.78, 5) is 8.92. The number of benzene rings is 2. The number of rotatable bonds is 7. The van der Waals surface area contributed by atoms with Crippen LogP contribution in [0.1, 0.15) is 56.2 Å². The molecule has 0 bridgehead atoms. The van der Waals surface area contributed by atoms with Crippen LogP contribution >= 0.6 is 17.0 Å². The van der Waals surface area contributed by atoms with Crippen LogP contribution in [0.5, 0.6) is 0 Å². The zero-order valence-electron chi connectivity index (χ0n) is 22.0. The van der Waals surface area contributed by atoms with Crippen LogP contribution < -0.4 is 0 Å². The van der Waals surface area contributed by atoms with Crippen LogP contribution in [-0.4, -0.2) is 15.9 Å². The molecule has 2 aromatic heterocycles. The SMILES string of the molecule is CCC1=Cc2c(-c3ncco3)cccc2[CH]1[Zr]([Cl])([Cl])([CH]1C(CC)=Cc2c(-c3ncco3)cccc21)[SiH](C)C. The van der Waals surface area contributed by atoms with Crippen molar-refractivity contribution in [2.24, 2.45) is 0 Å². The number of halogens is 2. The minimum atomic E-state index is -4.76. The average Bonchev–Trinajstić information content (AvgIpc) is 3.72. The van der Waals surface area contributed by atoms with Crippen LogP contribution in [0.3, 0.4) is 0 Å². The van der Waals surface area contributed by atoms with Crippen molar-refractivity contribution in [2.45, 2.75) is 47.0 Å². The number of allylic oxidation sites excluding steroid dienone is 2. The van der Waals surface area contributed by atoms with E-state index in [2.05, 4.69) is 85.5 Å². The number of fused-ring (bicyclic) bond motifs is 2. The number of hydrogen-bond donors (Lipinski definition) is 0. The normalized spacial score (nSPS) is 19.6. The molecule has 2 atom stereocenters. The van der Waals surface area contributed by atoms with Gasteiger partial charge < -0.3 is 0 Å². The molecule has 195 valence electrons. The third-order valence-electron chi connectivity index (χ3n) is 8.65. The third-order valence-corrected chi connectivity index (χ3v) is 60.5. The fraction of sp³-hybridized carbons (Fsp3) is 0.267. The molecule has 2 aliphatic rings. The van der Waals surface area contributed by atoms with Gasteiger partial charge >= 0.3 is 234 Å². The van der Waals surface area contributed by atoms with Gasteiger partial charge in [0.2, 0.25) is 0 Å². The van der Waals surface area contributed by atoms with Gasteiger partial charge in [0.25, 0.3) is 0 Å². The first-order valence-electron chi connectivity index (χ1n) is 13.3. The standard InChI is InChI=1S/2C14H12NO.C2H7Si.2ClH.Zr/c2*1-2-10-8-11-4-3-5-12(13(11)9-10)14-15-6-7-16-14;1-3-2;;;/h2*3-9H,2H2,1H3;3H,1-2H3;2*1H;/q;;;;;+2/p-2. The molecule has 0 N–H and O–H groups in total. The van der Waals surface area contributed by atoms with Crippen molar-refractivity contribution in [3.8, 4) is 22.9 Å². The number of oxazole rings is 2. The second-order valence-corrected chi connectivity index (χ2v) is 53.2. The molecule has 0 spiro atoms. The molecule has 4 nitrogen and oxygen atoms in total. The molecule has 2 unspecified atom stereocenters. The maximum atomic E-state index is 8.38. The van der Waals surface area contributed by atoms with Crippen LogP contribution in [0.2, 0.25) is 13.1 Å². The molecule has 0 fully saturated rings. The second-order valence-electron chi connectivity index (χ2n) is 10.7. The summed E-state index contributed by atoms with van der Waals surface area (Å²) in [5, 5.41) is 0. The van der Waals surface area contributed by atoms with Crippen molar-refractivity contribution in [1.29, 1.82) is 0 Å². The maximum absolute atomic E-state index is 8.38. The van der Waals surface area contributed by atoms with Gasteiger partial charge in [0.1, 0.15) is 0 Å². The molecule has 2 aliphatic carbocycles. The predicted octanol–water partition coefficient (Wildman–Crippen LogP) is 9.37. The zero-order valence-corrected chi connectivity index (χ0v) is 27.2. The Labute approximate surface area is 232 Å². The van der Waals surface area contributed by atoms with E-state index in [0.717, 1.165) is 35.1 Å². The fourth-order valence-electron chi connectivity index (χ4n) is 6.76. The summed E-state index contributed by atoms with van der Waals surface area (Å²) >= 11 is -4.76. The summed E-state index contributed by atoms with van der Waals surface area (Å²) in [5.41, 5.74) is 9.46. The first-order valence-corrected chi connectivity index (χ1v) is 29.6. The fourth-order valence-corrected chi connectivity index (χ4v) is 38.6. The van der Waals surface area contributed by atoms with Gasteiger partial charge in [-0.15, -0.1) is 0 Å². The second kappa shape index (κ2) is 9.59. The molecule has 6 rings (SSSR count). The van der Waals surface area contributed by atoms with Crippen molar-refractivity contribution >= 4 is 35.1 Å². The molecule has 38 heavy (non-hydrogen) atoms. The molecule has 2 heterocycles. The molecule has 0 saturated carbocycles. The van der Waals surface area contributed by atoms with E-state index in [1.165, 1.54) is 22.3 Å². The first kappa shape index (κ1) is 26.3. The quantitative estimate of drug-likeness (QED) is 0.189. The van der Waals surface area contributed by atoms with Crippen molar-refractivity contribution < 1.29 is 24.4 Å². The van der Waals surface area contributed by atoms with Crippen LogP contribution in [0.4, 0.5) is 0 Å². The summed E-state index contributed by atoms with van der Waals surface area (Å²) in [6.45, 7) is 9.19. The molecular weight excluding hydrogens is 611 g/mol. The molecule has 0 aliphatic heterocycles. The van der Waals surface area contributed by atoms with E-state index in [1.54, 1.807) is 24.9 Å². The summed E-state index contributed by atoms with van der Waals surface area (Å²) in [6.07, 6.45) is 13.1. The Morgan fingerprint density at radius 1 is 0.763 bits per heavy atom. The Balaban J connectivity index is 1.60. The van der Waals surface area contributed by atoms with Gasteiger partial charge in [-0.2, -0.15) is 0 Å². The monoisotopic (exact) mass is 639 g/mol. The third kappa shape index (κ3) is 3.71. The van der Waals surface area contributed by atoms with Crippen LogP contribution in [0, 0.1) is 0 Å². The van der Waals surface area contributed by atoms with Crippen LogP contribution in [-0.2, 0) is 15.6 Å². The van der Waals surface area contributed by atoms with Crippen molar-refractivity contribution in [3.63, 3.8) is 0 Å². The molecular formula is C30H31Cl2N2O2SiZr. The Morgan fingerprint density at radius 2 is 1.21 bits per heavy atom. The minimum absolute atomic E-state index is 0.0395. The Bertz CT molecular complexity index is 1460. The molecule has 4 aromatic rings. The zero-order chi connectivity index (χ0) is 26.7. The van der Waals surface area contributed by atoms with E-state index in [0.29, 0.717) is 11.8 Å². The average molecular weight is 642 g/mol. The Hall–Kier alpha value is -1.98. The molecule has 0 amide bonds. The van der Waals surface area contributed by atoms with E-state index in [-0.39, 0.29) is 7.25 Å². The van der Waals surface area contributed by atoms with E-state index < -0.39 is 21.5 Å². The molecule has 2 aromatic carbocycles. The van der Waals surface area contributed by atoms with Gasteiger partial charge in [-0.3, -0.25) is 0 Å². The van der Waals surface area contributed by atoms with Gasteiger partial charge in [0.15, 0.2) is 0 Å². The van der Waals surface area contributed by atoms with Gasteiger partial charge in [0, 0.05) is 0 Å². The summed E-state index contributed by atoms with van der Waals surface area (Å²) in [6, 6.07) is 12.8. The van der Waals surface area contributed by atoms with Crippen molar-refractivity contribution in [3.05, 3.63) is 94.7 Å². The van der Waals surface area contributed by atoms with Crippen LogP contribution in [0.15, 0.2) is 81.3 Å². The van der Waals surface area contributed by atoms with Crippen molar-refractivity contribution in [1.82, 2.24) is 9.97 Å². The predicted molar refractivity (Wildman–Crippen MR) is 156 cm³/mol. The molecule has 0 radical (unpaired) electrons. The number of nitrogens with zero attached hydrogens (tertiary/aromatic N) is 2. The number of hydrogen-bond acceptors (Lipinski definition) is 4. The summed E-state index contributed by atoms with van der Waals surface area (Å²) < 4.78 is 11.5. The summed E-state index contributed by atoms with van der Waals surface area (Å²) in [5.74, 6) is -0.357. The van der Waals surface area contributed by atoms with Gasteiger partial charge in [0.05, 0.1) is 0 Å². The summed E-state index contributed by atoms with van der Waals surface area (Å²) in [7, 11) is 16.8. The molecule has 8 heteroatoms. The topological polar surface area (TPSA) is 52.1 Å². The first-order chi connectivity index (χ1) is 18.3. The van der Waals surface area contributed by atoms with Gasteiger partial charge in [-0.25, -0.2) is 0 Å². The van der Waals surface area contributed by atoms with Crippen LogP contribution in [0.25, 0.3) is 35.1 Å². The van der Waals surface area contributed by atoms with Gasteiger partial charge in [-0.1, -0.05) is 0 Å².